The van der Waals surface area contributed by atoms with Crippen molar-refractivity contribution >= 4 is 68.1 Å². The molecule has 0 amide bonds. The zero-order valence-electron chi connectivity index (χ0n) is 34.4. The maximum absolute atomic E-state index is 5.55. The summed E-state index contributed by atoms with van der Waals surface area (Å²) in [6.07, 6.45) is 3.39. The van der Waals surface area contributed by atoms with E-state index in [0.29, 0.717) is 0 Å². The number of para-hydroxylation sites is 6. The fraction of sp³-hybridized carbons (Fsp3) is 0.192. The van der Waals surface area contributed by atoms with E-state index >= 15 is 0 Å². The maximum Gasteiger partial charge on any atom is 0.179 e. The third-order valence-electron chi connectivity index (χ3n) is 13.1. The lowest BCUT2D eigenvalue weighted by Crippen LogP contribution is -2.64. The molecule has 0 saturated heterocycles. The molecule has 294 valence electrons. The zero-order valence-corrected chi connectivity index (χ0v) is 34.4. The van der Waals surface area contributed by atoms with Gasteiger partial charge in [-0.2, -0.15) is 0 Å². The van der Waals surface area contributed by atoms with Gasteiger partial charge in [-0.15, -0.1) is 6.58 Å². The second kappa shape index (κ2) is 13.8. The van der Waals surface area contributed by atoms with E-state index in [2.05, 4.69) is 175 Å². The molecular formula is C52H46N8. The summed E-state index contributed by atoms with van der Waals surface area (Å²) in [5.41, 5.74) is 12.0. The van der Waals surface area contributed by atoms with Crippen molar-refractivity contribution in [3.05, 3.63) is 181 Å². The van der Waals surface area contributed by atoms with Gasteiger partial charge in [-0.1, -0.05) is 112 Å². The predicted octanol–water partition coefficient (Wildman–Crippen LogP) is 12.0. The van der Waals surface area contributed by atoms with Crippen LogP contribution in [-0.4, -0.2) is 32.3 Å². The van der Waals surface area contributed by atoms with Crippen LogP contribution in [0.1, 0.15) is 43.0 Å². The fourth-order valence-electron chi connectivity index (χ4n) is 10.1. The van der Waals surface area contributed by atoms with Crippen LogP contribution < -0.4 is 19.6 Å². The van der Waals surface area contributed by atoms with E-state index in [-0.39, 0.29) is 18.2 Å². The van der Waals surface area contributed by atoms with Crippen LogP contribution in [0.5, 0.6) is 0 Å². The number of aryl methyl sites for hydroxylation is 3. The van der Waals surface area contributed by atoms with Crippen molar-refractivity contribution in [2.75, 3.05) is 19.6 Å². The van der Waals surface area contributed by atoms with Crippen LogP contribution in [0.4, 0.5) is 46.0 Å². The molecule has 8 nitrogen and oxygen atoms in total. The third-order valence-corrected chi connectivity index (χ3v) is 13.1. The molecular weight excluding hydrogens is 737 g/mol. The van der Waals surface area contributed by atoms with Crippen LogP contribution in [-0.2, 0) is 18.3 Å². The molecule has 0 radical (unpaired) electrons. The Bertz CT molecular complexity index is 2970. The molecule has 60 heavy (non-hydrogen) atoms. The molecule has 6 aromatic carbocycles. The molecule has 5 heterocycles. The van der Waals surface area contributed by atoms with Gasteiger partial charge in [0, 0.05) is 28.2 Å². The van der Waals surface area contributed by atoms with Gasteiger partial charge in [0.05, 0.1) is 28.0 Å². The molecule has 3 aliphatic rings. The van der Waals surface area contributed by atoms with Crippen molar-refractivity contribution in [2.24, 2.45) is 5.92 Å². The summed E-state index contributed by atoms with van der Waals surface area (Å²) in [6, 6.07) is 51.8. The molecule has 0 fully saturated rings. The first-order valence-electron chi connectivity index (χ1n) is 21.1. The lowest BCUT2D eigenvalue weighted by Gasteiger charge is -2.55. The summed E-state index contributed by atoms with van der Waals surface area (Å²) in [5.74, 6) is 3.06. The first-order chi connectivity index (χ1) is 29.4. The van der Waals surface area contributed by atoms with E-state index in [1.807, 2.05) is 24.3 Å². The Hall–Kier alpha value is -7.06. The Morgan fingerprint density at radius 3 is 1.48 bits per heavy atom. The molecule has 2 aromatic heterocycles. The summed E-state index contributed by atoms with van der Waals surface area (Å²) >= 11 is 0. The summed E-state index contributed by atoms with van der Waals surface area (Å²) in [4.78, 5) is 31.9. The van der Waals surface area contributed by atoms with Gasteiger partial charge in [-0.3, -0.25) is 0 Å². The van der Waals surface area contributed by atoms with Gasteiger partial charge in [0.25, 0.3) is 0 Å². The van der Waals surface area contributed by atoms with Crippen LogP contribution in [0, 0.1) is 12.8 Å². The van der Waals surface area contributed by atoms with Crippen molar-refractivity contribution in [1.29, 1.82) is 0 Å². The first kappa shape index (κ1) is 36.1. The average molecular weight is 783 g/mol. The number of fused-ring (bicyclic) bond motifs is 8. The van der Waals surface area contributed by atoms with E-state index in [1.54, 1.807) is 0 Å². The minimum absolute atomic E-state index is 0.237. The van der Waals surface area contributed by atoms with Gasteiger partial charge in [-0.05, 0) is 103 Å². The van der Waals surface area contributed by atoms with E-state index in [9.17, 15) is 0 Å². The standard InChI is InChI=1S/C52H46N8/c1-6-34-26-29-37(30-27-34)58-46-48(55-41-23-15-13-21-39(41)53-46)59(43-31-28-35(7-2)32-33(43)4)50(58)45-51-57(36-18-10-9-11-19-36)47-49(56-42-24-16-14-22-40(42)54-47)60(51)44-25-17-12-20-38(44)52(45,5)8-3/h8-32,45,50-51H,3,6-7H2,1-2,4-5H3. The van der Waals surface area contributed by atoms with Crippen molar-refractivity contribution < 1.29 is 0 Å². The van der Waals surface area contributed by atoms with Crippen molar-refractivity contribution in [3.63, 3.8) is 0 Å². The number of hydrogen-bond acceptors (Lipinski definition) is 8. The molecule has 0 bridgehead atoms. The highest BCUT2D eigenvalue weighted by Gasteiger charge is 2.62. The number of anilines is 8. The van der Waals surface area contributed by atoms with E-state index in [1.165, 1.54) is 22.3 Å². The Balaban J connectivity index is 1.27. The van der Waals surface area contributed by atoms with Gasteiger partial charge in [0.15, 0.2) is 23.3 Å². The quantitative estimate of drug-likeness (QED) is 0.148. The maximum atomic E-state index is 5.55. The lowest BCUT2D eigenvalue weighted by atomic mass is 9.65. The largest absolute Gasteiger partial charge is 0.301 e. The number of aromatic nitrogens is 4. The molecule has 8 heteroatoms. The molecule has 0 saturated carbocycles. The zero-order chi connectivity index (χ0) is 40.7. The van der Waals surface area contributed by atoms with Crippen molar-refractivity contribution in [1.82, 2.24) is 19.9 Å². The number of nitrogens with zero attached hydrogens (tertiary/aromatic N) is 8. The van der Waals surface area contributed by atoms with Crippen molar-refractivity contribution in [2.45, 2.75) is 58.3 Å². The predicted molar refractivity (Wildman–Crippen MR) is 246 cm³/mol. The Morgan fingerprint density at radius 1 is 0.517 bits per heavy atom. The van der Waals surface area contributed by atoms with Crippen LogP contribution in [0.25, 0.3) is 22.1 Å². The van der Waals surface area contributed by atoms with E-state index in [4.69, 9.17) is 26.5 Å². The second-order valence-electron chi connectivity index (χ2n) is 16.4. The summed E-state index contributed by atoms with van der Waals surface area (Å²) in [7, 11) is 0. The number of hydrogen-bond donors (Lipinski definition) is 0. The van der Waals surface area contributed by atoms with Crippen LogP contribution in [0.2, 0.25) is 0 Å². The van der Waals surface area contributed by atoms with Gasteiger partial charge >= 0.3 is 0 Å². The van der Waals surface area contributed by atoms with Crippen LogP contribution in [0.3, 0.4) is 0 Å². The second-order valence-corrected chi connectivity index (χ2v) is 16.4. The minimum atomic E-state index is -0.602. The molecule has 3 aliphatic heterocycles. The Kier molecular flexibility index (Phi) is 8.27. The Labute approximate surface area is 351 Å². The molecule has 11 rings (SSSR count). The van der Waals surface area contributed by atoms with E-state index in [0.717, 1.165) is 80.9 Å². The molecule has 0 N–H and O–H groups in total. The molecule has 4 atom stereocenters. The highest BCUT2D eigenvalue weighted by Crippen LogP contribution is 2.62. The SMILES string of the molecule is C=CC1(C)c2ccccc2N2c3nc4ccccc4nc3N(c3ccccc3)C2C1C1N(c2ccc(CC)cc2)c2nc3ccccc3nc2N1c1ccc(CC)cc1C. The number of allylic oxidation sites excluding steroid dienone is 1. The van der Waals surface area contributed by atoms with Gasteiger partial charge in [-0.25, -0.2) is 19.9 Å². The van der Waals surface area contributed by atoms with Crippen LogP contribution in [0.15, 0.2) is 158 Å². The molecule has 0 spiro atoms. The highest BCUT2D eigenvalue weighted by atomic mass is 15.5. The van der Waals surface area contributed by atoms with E-state index < -0.39 is 5.41 Å². The molecule has 8 aromatic rings. The van der Waals surface area contributed by atoms with Crippen LogP contribution >= 0.6 is 0 Å². The summed E-state index contributed by atoms with van der Waals surface area (Å²) in [6.45, 7) is 13.7. The first-order valence-corrected chi connectivity index (χ1v) is 21.1. The summed E-state index contributed by atoms with van der Waals surface area (Å²) < 4.78 is 0. The van der Waals surface area contributed by atoms with Crippen molar-refractivity contribution in [3.8, 4) is 0 Å². The Morgan fingerprint density at radius 2 is 0.967 bits per heavy atom. The number of rotatable bonds is 7. The third kappa shape index (κ3) is 5.22. The lowest BCUT2D eigenvalue weighted by molar-refractivity contribution is 0.244. The normalized spacial score (nSPS) is 20.3. The smallest absolute Gasteiger partial charge is 0.179 e. The topological polar surface area (TPSA) is 64.5 Å². The molecule has 0 aliphatic carbocycles. The average Bonchev–Trinajstić information content (AvgIpc) is 3.79. The monoisotopic (exact) mass is 782 g/mol. The minimum Gasteiger partial charge on any atom is -0.301 e. The molecule has 4 unspecified atom stereocenters. The van der Waals surface area contributed by atoms with Gasteiger partial charge in [0.2, 0.25) is 0 Å². The number of benzene rings is 6. The fourth-order valence-corrected chi connectivity index (χ4v) is 10.1. The highest BCUT2D eigenvalue weighted by molar-refractivity contribution is 5.94. The summed E-state index contributed by atoms with van der Waals surface area (Å²) in [5, 5.41) is 0. The van der Waals surface area contributed by atoms with Gasteiger partial charge < -0.3 is 19.6 Å². The van der Waals surface area contributed by atoms with Gasteiger partial charge in [0.1, 0.15) is 12.3 Å².